The molecule has 0 aliphatic rings. The van der Waals surface area contributed by atoms with Gasteiger partial charge in [-0.2, -0.15) is 0 Å². The molecule has 0 spiro atoms. The van der Waals surface area contributed by atoms with Crippen molar-refractivity contribution in [2.24, 2.45) is 0 Å². The second-order valence-electron chi connectivity index (χ2n) is 5.12. The summed E-state index contributed by atoms with van der Waals surface area (Å²) in [5.74, 6) is 0.128. The average Bonchev–Trinajstić information content (AvgIpc) is 2.61. The highest BCUT2D eigenvalue weighted by molar-refractivity contribution is 5.41. The first-order chi connectivity index (χ1) is 11.3. The highest BCUT2D eigenvalue weighted by Crippen LogP contribution is 2.31. The highest BCUT2D eigenvalue weighted by Gasteiger charge is 2.11. The summed E-state index contributed by atoms with van der Waals surface area (Å²) in [6, 6.07) is 24.1. The first-order valence-electron chi connectivity index (χ1n) is 7.45. The predicted octanol–water partition coefficient (Wildman–Crippen LogP) is 4.98. The monoisotopic (exact) mass is 308 g/mol. The van der Waals surface area contributed by atoms with Crippen molar-refractivity contribution in [3.63, 3.8) is 0 Å². The van der Waals surface area contributed by atoms with E-state index in [0.717, 1.165) is 11.1 Å². The van der Waals surface area contributed by atoms with Gasteiger partial charge in [-0.15, -0.1) is 0 Å². The van der Waals surface area contributed by atoms with Gasteiger partial charge in [0.2, 0.25) is 0 Å². The van der Waals surface area contributed by atoms with E-state index < -0.39 is 5.82 Å². The number of rotatable bonds is 6. The van der Waals surface area contributed by atoms with Crippen molar-refractivity contribution in [3.8, 4) is 11.5 Å². The summed E-state index contributed by atoms with van der Waals surface area (Å²) in [4.78, 5) is 0. The van der Waals surface area contributed by atoms with Crippen LogP contribution >= 0.6 is 0 Å². The van der Waals surface area contributed by atoms with Gasteiger partial charge < -0.3 is 9.47 Å². The van der Waals surface area contributed by atoms with Gasteiger partial charge >= 0.3 is 0 Å². The molecule has 0 atom stereocenters. The van der Waals surface area contributed by atoms with Crippen LogP contribution in [0, 0.1) is 5.82 Å². The molecule has 23 heavy (non-hydrogen) atoms. The van der Waals surface area contributed by atoms with Crippen molar-refractivity contribution in [3.05, 3.63) is 95.8 Å². The maximum absolute atomic E-state index is 14.1. The molecule has 0 aliphatic heterocycles. The first-order valence-corrected chi connectivity index (χ1v) is 7.45. The van der Waals surface area contributed by atoms with Crippen LogP contribution in [0.15, 0.2) is 78.9 Å². The van der Waals surface area contributed by atoms with Crippen LogP contribution in [0.1, 0.15) is 11.1 Å². The fourth-order valence-electron chi connectivity index (χ4n) is 2.21. The number of benzene rings is 3. The highest BCUT2D eigenvalue weighted by atomic mass is 19.1. The Balaban J connectivity index is 1.71. The third kappa shape index (κ3) is 4.10. The summed E-state index contributed by atoms with van der Waals surface area (Å²) >= 11 is 0. The zero-order valence-electron chi connectivity index (χ0n) is 12.6. The fraction of sp³-hybridized carbons (Fsp3) is 0.100. The lowest BCUT2D eigenvalue weighted by atomic mass is 10.2. The second-order valence-corrected chi connectivity index (χ2v) is 5.12. The zero-order valence-corrected chi connectivity index (χ0v) is 12.6. The maximum Gasteiger partial charge on any atom is 0.197 e. The van der Waals surface area contributed by atoms with Gasteiger partial charge in [-0.05, 0) is 23.3 Å². The average molecular weight is 308 g/mol. The van der Waals surface area contributed by atoms with E-state index in [1.165, 1.54) is 6.07 Å². The normalized spacial score (nSPS) is 10.3. The molecule has 0 unspecified atom stereocenters. The molecule has 0 saturated heterocycles. The molecule has 0 N–H and O–H groups in total. The molecule has 116 valence electrons. The Hall–Kier alpha value is -2.81. The van der Waals surface area contributed by atoms with Crippen LogP contribution in [0.25, 0.3) is 0 Å². The van der Waals surface area contributed by atoms with E-state index in [1.54, 1.807) is 12.1 Å². The minimum atomic E-state index is -0.425. The number of hydrogen-bond donors (Lipinski definition) is 0. The summed E-state index contributed by atoms with van der Waals surface area (Å²) in [5.41, 5.74) is 2.00. The lowest BCUT2D eigenvalue weighted by Gasteiger charge is -2.13. The molecule has 0 heterocycles. The van der Waals surface area contributed by atoms with Crippen LogP contribution in [0.2, 0.25) is 0 Å². The Morgan fingerprint density at radius 1 is 0.609 bits per heavy atom. The molecular formula is C20H17FO2. The minimum absolute atomic E-state index is 0.146. The van der Waals surface area contributed by atoms with E-state index in [0.29, 0.717) is 19.0 Å². The molecule has 0 aliphatic carbocycles. The van der Waals surface area contributed by atoms with Gasteiger partial charge in [-0.3, -0.25) is 0 Å². The van der Waals surface area contributed by atoms with Crippen molar-refractivity contribution >= 4 is 0 Å². The van der Waals surface area contributed by atoms with Crippen molar-refractivity contribution in [1.29, 1.82) is 0 Å². The smallest absolute Gasteiger partial charge is 0.197 e. The van der Waals surface area contributed by atoms with Crippen LogP contribution in [0.4, 0.5) is 4.39 Å². The summed E-state index contributed by atoms with van der Waals surface area (Å²) in [6.07, 6.45) is 0. The van der Waals surface area contributed by atoms with E-state index in [1.807, 2.05) is 60.7 Å². The summed E-state index contributed by atoms with van der Waals surface area (Å²) in [7, 11) is 0. The van der Waals surface area contributed by atoms with Crippen LogP contribution in [-0.2, 0) is 13.2 Å². The van der Waals surface area contributed by atoms with Gasteiger partial charge in [0.05, 0.1) is 0 Å². The lowest BCUT2D eigenvalue weighted by molar-refractivity contribution is 0.245. The Kier molecular flexibility index (Phi) is 4.89. The zero-order chi connectivity index (χ0) is 15.9. The Labute approximate surface area is 135 Å². The molecule has 3 aromatic rings. The summed E-state index contributed by atoms with van der Waals surface area (Å²) in [6.45, 7) is 0.662. The van der Waals surface area contributed by atoms with Crippen molar-refractivity contribution in [2.75, 3.05) is 0 Å². The van der Waals surface area contributed by atoms with Gasteiger partial charge in [0, 0.05) is 0 Å². The first kappa shape index (κ1) is 15.1. The molecule has 3 aromatic carbocycles. The largest absolute Gasteiger partial charge is 0.485 e. The molecule has 0 fully saturated rings. The molecule has 0 amide bonds. The topological polar surface area (TPSA) is 18.5 Å². The Bertz CT molecular complexity index is 742. The van der Waals surface area contributed by atoms with Gasteiger partial charge in [-0.1, -0.05) is 66.7 Å². The van der Waals surface area contributed by atoms with Crippen molar-refractivity contribution < 1.29 is 13.9 Å². The molecule has 0 saturated carbocycles. The van der Waals surface area contributed by atoms with E-state index in [4.69, 9.17) is 9.47 Å². The summed E-state index contributed by atoms with van der Waals surface area (Å²) in [5, 5.41) is 0. The Morgan fingerprint density at radius 3 is 1.78 bits per heavy atom. The fourth-order valence-corrected chi connectivity index (χ4v) is 2.21. The van der Waals surface area contributed by atoms with Crippen molar-refractivity contribution in [2.45, 2.75) is 13.2 Å². The van der Waals surface area contributed by atoms with E-state index in [9.17, 15) is 4.39 Å². The molecule has 0 radical (unpaired) electrons. The van der Waals surface area contributed by atoms with Gasteiger partial charge in [0.25, 0.3) is 0 Å². The van der Waals surface area contributed by atoms with Gasteiger partial charge in [0.1, 0.15) is 13.2 Å². The standard InChI is InChI=1S/C20H17FO2/c21-18-12-7-13-19(22-14-16-8-3-1-4-9-16)20(18)23-15-17-10-5-2-6-11-17/h1-13H,14-15H2. The number of hydrogen-bond acceptors (Lipinski definition) is 2. The quantitative estimate of drug-likeness (QED) is 0.639. The minimum Gasteiger partial charge on any atom is -0.485 e. The van der Waals surface area contributed by atoms with E-state index in [-0.39, 0.29) is 5.75 Å². The third-order valence-corrected chi connectivity index (χ3v) is 3.39. The summed E-state index contributed by atoms with van der Waals surface area (Å²) < 4.78 is 25.4. The number of ether oxygens (including phenoxy) is 2. The molecule has 3 rings (SSSR count). The third-order valence-electron chi connectivity index (χ3n) is 3.39. The van der Waals surface area contributed by atoms with Crippen LogP contribution < -0.4 is 9.47 Å². The lowest BCUT2D eigenvalue weighted by Crippen LogP contribution is -2.02. The second kappa shape index (κ2) is 7.45. The molecule has 0 bridgehead atoms. The molecule has 3 heteroatoms. The van der Waals surface area contributed by atoms with Crippen LogP contribution in [0.5, 0.6) is 11.5 Å². The number of halogens is 1. The molecular weight excluding hydrogens is 291 g/mol. The van der Waals surface area contributed by atoms with Gasteiger partial charge in [-0.25, -0.2) is 4.39 Å². The van der Waals surface area contributed by atoms with Crippen LogP contribution in [0.3, 0.4) is 0 Å². The van der Waals surface area contributed by atoms with E-state index >= 15 is 0 Å². The molecule has 0 aromatic heterocycles. The number of para-hydroxylation sites is 1. The SMILES string of the molecule is Fc1cccc(OCc2ccccc2)c1OCc1ccccc1. The van der Waals surface area contributed by atoms with E-state index in [2.05, 4.69) is 0 Å². The maximum atomic E-state index is 14.1. The van der Waals surface area contributed by atoms with Gasteiger partial charge in [0.15, 0.2) is 17.3 Å². The predicted molar refractivity (Wildman–Crippen MR) is 87.9 cm³/mol. The molecule has 2 nitrogen and oxygen atoms in total. The van der Waals surface area contributed by atoms with Crippen LogP contribution in [-0.4, -0.2) is 0 Å². The van der Waals surface area contributed by atoms with Crippen molar-refractivity contribution in [1.82, 2.24) is 0 Å². The Morgan fingerprint density at radius 2 is 1.17 bits per heavy atom.